The van der Waals surface area contributed by atoms with Gasteiger partial charge in [0, 0.05) is 23.5 Å². The number of carbonyl (C=O) groups is 11. The third-order valence-corrected chi connectivity index (χ3v) is 8.99. The van der Waals surface area contributed by atoms with E-state index in [-0.39, 0.29) is 6.42 Å². The van der Waals surface area contributed by atoms with Crippen molar-refractivity contribution >= 4 is 76.1 Å². The molecule has 0 aliphatic carbocycles. The van der Waals surface area contributed by atoms with Crippen LogP contribution in [0.2, 0.25) is 0 Å². The summed E-state index contributed by atoms with van der Waals surface area (Å²) < 4.78 is 0. The second-order valence-electron chi connectivity index (χ2n) is 14.1. The van der Waals surface area contributed by atoms with Crippen LogP contribution in [0.4, 0.5) is 0 Å². The van der Waals surface area contributed by atoms with Crippen molar-refractivity contribution in [2.24, 2.45) is 5.73 Å². The first-order chi connectivity index (χ1) is 29.0. The molecular weight excluding hydrogens is 824 g/mol. The number of para-hydroxylation sites is 1. The van der Waals surface area contributed by atoms with Gasteiger partial charge in [-0.3, -0.25) is 47.9 Å². The highest BCUT2D eigenvalue weighted by atomic mass is 16.4. The number of nitrogens with one attached hydrogen (secondary N) is 9. The molecule has 2 aromatic rings. The van der Waals surface area contributed by atoms with Gasteiger partial charge < -0.3 is 73.7 Å². The Morgan fingerprint density at radius 3 is 1.63 bits per heavy atom. The van der Waals surface area contributed by atoms with Gasteiger partial charge in [-0.15, -0.1) is 0 Å². The first-order valence-electron chi connectivity index (χ1n) is 19.0. The highest BCUT2D eigenvalue weighted by molar-refractivity contribution is 5.98. The number of hydrogen-bond donors (Lipinski definition) is 14. The number of aromatic nitrogens is 1. The maximum atomic E-state index is 13.0. The van der Waals surface area contributed by atoms with E-state index in [2.05, 4.69) is 36.9 Å². The number of carbonyl (C=O) groups excluding carboxylic acids is 8. The van der Waals surface area contributed by atoms with Crippen molar-refractivity contribution in [1.82, 2.24) is 47.5 Å². The Bertz CT molecular complexity index is 2010. The number of hydrogen-bond acceptors (Lipinski definition) is 13. The van der Waals surface area contributed by atoms with E-state index in [1.807, 2.05) is 34.9 Å². The smallest absolute Gasteiger partial charge is 0.326 e. The van der Waals surface area contributed by atoms with Gasteiger partial charge in [-0.2, -0.15) is 0 Å². The maximum absolute atomic E-state index is 13.0. The molecule has 0 aliphatic rings. The van der Waals surface area contributed by atoms with Crippen molar-refractivity contribution < 1.29 is 73.2 Å². The van der Waals surface area contributed by atoms with Crippen LogP contribution in [-0.4, -0.2) is 152 Å². The second kappa shape index (κ2) is 24.2. The largest absolute Gasteiger partial charge is 0.481 e. The highest BCUT2D eigenvalue weighted by Crippen LogP contribution is 2.18. The molecule has 0 bridgehead atoms. The number of aliphatic hydroxyl groups is 1. The van der Waals surface area contributed by atoms with E-state index in [0.29, 0.717) is 0 Å². The normalized spacial score (nSPS) is 14.7. The summed E-state index contributed by atoms with van der Waals surface area (Å²) in [4.78, 5) is 138. The van der Waals surface area contributed by atoms with Crippen LogP contribution in [0, 0.1) is 0 Å². The number of benzene rings is 1. The molecule has 62 heavy (non-hydrogen) atoms. The maximum Gasteiger partial charge on any atom is 0.326 e. The Morgan fingerprint density at radius 2 is 1.11 bits per heavy atom. The van der Waals surface area contributed by atoms with Gasteiger partial charge in [-0.1, -0.05) is 18.2 Å². The van der Waals surface area contributed by atoms with Crippen LogP contribution in [0.3, 0.4) is 0 Å². The zero-order chi connectivity index (χ0) is 46.8. The third kappa shape index (κ3) is 16.5. The lowest BCUT2D eigenvalue weighted by Crippen LogP contribution is -2.59. The molecule has 0 spiro atoms. The minimum atomic E-state index is -1.81. The minimum Gasteiger partial charge on any atom is -0.481 e. The van der Waals surface area contributed by atoms with Gasteiger partial charge in [-0.05, 0) is 52.2 Å². The fourth-order valence-electron chi connectivity index (χ4n) is 5.44. The number of nitrogens with two attached hydrogens (primary N) is 1. The summed E-state index contributed by atoms with van der Waals surface area (Å²) in [7, 11) is 0. The Labute approximate surface area is 353 Å². The Balaban J connectivity index is 1.89. The highest BCUT2D eigenvalue weighted by Gasteiger charge is 2.31. The molecular formula is C37H52N10O15. The number of carboxylic acids is 3. The van der Waals surface area contributed by atoms with Crippen LogP contribution >= 0.6 is 0 Å². The second-order valence-corrected chi connectivity index (χ2v) is 14.1. The van der Waals surface area contributed by atoms with Gasteiger partial charge in [0.15, 0.2) is 0 Å². The Hall–Kier alpha value is -7.15. The van der Waals surface area contributed by atoms with Crippen molar-refractivity contribution in [2.75, 3.05) is 13.2 Å². The first-order valence-corrected chi connectivity index (χ1v) is 19.0. The molecule has 8 amide bonds. The molecule has 25 heteroatoms. The fourth-order valence-corrected chi connectivity index (χ4v) is 5.44. The number of aliphatic carboxylic acids is 3. The van der Waals surface area contributed by atoms with E-state index in [0.717, 1.165) is 23.4 Å². The predicted octanol–water partition coefficient (Wildman–Crippen LogP) is -4.96. The average molecular weight is 877 g/mol. The number of fused-ring (bicyclic) bond motifs is 1. The SMILES string of the molecule is C[C@H](NC(=O)[C@H](CC(=O)O)NC(=O)[C@@H](C)NC(=O)[C@@H](C)NC(=O)[C@H](C)NC(=O)[C@@H](N)Cc1c[nH]c2ccccc12)C(=O)N[C@@H](CO)C(=O)NCC(=O)N[C@@H](CCC(=O)O)C(=O)O. The van der Waals surface area contributed by atoms with Gasteiger partial charge in [0.05, 0.1) is 25.6 Å². The molecule has 0 unspecified atom stereocenters. The predicted molar refractivity (Wildman–Crippen MR) is 213 cm³/mol. The van der Waals surface area contributed by atoms with Crippen LogP contribution in [0.15, 0.2) is 30.5 Å². The summed E-state index contributed by atoms with van der Waals surface area (Å²) >= 11 is 0. The zero-order valence-electron chi connectivity index (χ0n) is 34.1. The molecule has 1 aromatic heterocycles. The Morgan fingerprint density at radius 1 is 0.613 bits per heavy atom. The van der Waals surface area contributed by atoms with Gasteiger partial charge in [0.1, 0.15) is 42.3 Å². The molecule has 0 saturated carbocycles. The molecule has 8 atom stereocenters. The molecule has 0 saturated heterocycles. The quantitative estimate of drug-likeness (QED) is 0.0444. The lowest BCUT2D eigenvalue weighted by molar-refractivity contribution is -0.143. The standard InChI is InChI=1S/C37H52N10O15/c1-16(41-31(55)17(2)43-34(58)22(38)11-20-13-39-23-8-6-5-7-21(20)23)30(54)42-18(3)32(56)46-25(12-29(52)53)36(60)44-19(4)33(57)47-26(15-48)35(59)40-14-27(49)45-24(37(61)62)9-10-28(50)51/h5-8,13,16-19,22,24-26,39,48H,9-12,14-15,38H2,1-4H3,(H,40,59)(H,41,55)(H,42,54)(H,43,58)(H,44,60)(H,45,49)(H,46,56)(H,47,57)(H,50,51)(H,52,53)(H,61,62)/t16-,17+,18-,19+,22+,24+,25+,26+/m1/s1. The van der Waals surface area contributed by atoms with Gasteiger partial charge >= 0.3 is 17.9 Å². The van der Waals surface area contributed by atoms with Crippen molar-refractivity contribution in [3.63, 3.8) is 0 Å². The van der Waals surface area contributed by atoms with E-state index >= 15 is 0 Å². The van der Waals surface area contributed by atoms with Crippen molar-refractivity contribution in [1.29, 1.82) is 0 Å². The van der Waals surface area contributed by atoms with Crippen LogP contribution in [0.5, 0.6) is 0 Å². The van der Waals surface area contributed by atoms with Gasteiger partial charge in [0.25, 0.3) is 0 Å². The molecule has 0 radical (unpaired) electrons. The topological polar surface area (TPSA) is 407 Å². The zero-order valence-corrected chi connectivity index (χ0v) is 34.1. The molecule has 15 N–H and O–H groups in total. The summed E-state index contributed by atoms with van der Waals surface area (Å²) in [6, 6.07) is -3.98. The summed E-state index contributed by atoms with van der Waals surface area (Å²) in [5.41, 5.74) is 7.74. The van der Waals surface area contributed by atoms with Crippen LogP contribution in [-0.2, 0) is 59.2 Å². The number of H-pyrrole nitrogens is 1. The van der Waals surface area contributed by atoms with Gasteiger partial charge in [0.2, 0.25) is 47.3 Å². The monoisotopic (exact) mass is 876 g/mol. The molecule has 25 nitrogen and oxygen atoms in total. The van der Waals surface area contributed by atoms with Crippen LogP contribution in [0.1, 0.15) is 52.5 Å². The van der Waals surface area contributed by atoms with Crippen LogP contribution in [0.25, 0.3) is 10.9 Å². The molecule has 2 rings (SSSR count). The van der Waals surface area contributed by atoms with Crippen LogP contribution < -0.4 is 48.3 Å². The number of aromatic amines is 1. The van der Waals surface area contributed by atoms with Crippen molar-refractivity contribution in [3.05, 3.63) is 36.0 Å². The average Bonchev–Trinajstić information content (AvgIpc) is 3.61. The van der Waals surface area contributed by atoms with Crippen molar-refractivity contribution in [3.8, 4) is 0 Å². The summed E-state index contributed by atoms with van der Waals surface area (Å²) in [6.45, 7) is 3.11. The Kier molecular flexibility index (Phi) is 19.9. The summed E-state index contributed by atoms with van der Waals surface area (Å²) in [5, 5.41) is 55.4. The number of aliphatic hydroxyl groups excluding tert-OH is 1. The van der Waals surface area contributed by atoms with E-state index in [1.54, 1.807) is 6.20 Å². The lowest BCUT2D eigenvalue weighted by Gasteiger charge is -2.24. The molecule has 340 valence electrons. The minimum absolute atomic E-state index is 0.171. The summed E-state index contributed by atoms with van der Waals surface area (Å²) in [6.07, 6.45) is -0.112. The number of amides is 8. The lowest BCUT2D eigenvalue weighted by atomic mass is 10.0. The third-order valence-electron chi connectivity index (χ3n) is 8.99. The van der Waals surface area contributed by atoms with E-state index in [9.17, 15) is 63.0 Å². The number of carboxylic acid groups (broad SMARTS) is 3. The van der Waals surface area contributed by atoms with E-state index < -0.39 is 146 Å². The molecule has 1 heterocycles. The van der Waals surface area contributed by atoms with Gasteiger partial charge in [-0.25, -0.2) is 4.79 Å². The van der Waals surface area contributed by atoms with E-state index in [1.165, 1.54) is 20.8 Å². The first kappa shape index (κ1) is 51.0. The van der Waals surface area contributed by atoms with Crippen molar-refractivity contribution in [2.45, 2.75) is 102 Å². The number of rotatable bonds is 25. The molecule has 0 fully saturated rings. The fraction of sp³-hybridized carbons (Fsp3) is 0.486. The summed E-state index contributed by atoms with van der Waals surface area (Å²) in [5.74, 6) is -12.1. The molecule has 0 aliphatic heterocycles. The molecule has 1 aromatic carbocycles. The van der Waals surface area contributed by atoms with E-state index in [4.69, 9.17) is 15.9 Å².